The zero-order valence-electron chi connectivity index (χ0n) is 9.77. The van der Waals surface area contributed by atoms with Crippen LogP contribution in [0.25, 0.3) is 0 Å². The maximum atomic E-state index is 11.6. The van der Waals surface area contributed by atoms with Crippen molar-refractivity contribution >= 4 is 11.9 Å². The van der Waals surface area contributed by atoms with Crippen LogP contribution in [0, 0.1) is 5.92 Å². The SMILES string of the molecule is CCCC(CNC(=O)C1=COCCO1)C(=O)O. The van der Waals surface area contributed by atoms with E-state index in [1.807, 2.05) is 6.92 Å². The third-order valence-electron chi connectivity index (χ3n) is 2.37. The zero-order chi connectivity index (χ0) is 12.7. The molecule has 0 radical (unpaired) electrons. The summed E-state index contributed by atoms with van der Waals surface area (Å²) in [5, 5.41) is 11.4. The van der Waals surface area contributed by atoms with Gasteiger partial charge in [0.15, 0.2) is 0 Å². The summed E-state index contributed by atoms with van der Waals surface area (Å²) in [6.07, 6.45) is 2.54. The number of carboxylic acid groups (broad SMARTS) is 1. The van der Waals surface area contributed by atoms with Gasteiger partial charge in [0.25, 0.3) is 5.91 Å². The van der Waals surface area contributed by atoms with E-state index >= 15 is 0 Å². The van der Waals surface area contributed by atoms with Crippen molar-refractivity contribution in [3.63, 3.8) is 0 Å². The summed E-state index contributed by atoms with van der Waals surface area (Å²) >= 11 is 0. The summed E-state index contributed by atoms with van der Waals surface area (Å²) in [7, 11) is 0. The standard InChI is InChI=1S/C11H17NO5/c1-2-3-8(11(14)15)6-12-10(13)9-7-16-4-5-17-9/h7-8H,2-6H2,1H3,(H,12,13)(H,14,15). The Morgan fingerprint density at radius 3 is 2.82 bits per heavy atom. The van der Waals surface area contributed by atoms with Gasteiger partial charge in [-0.1, -0.05) is 13.3 Å². The fraction of sp³-hybridized carbons (Fsp3) is 0.636. The second kappa shape index (κ2) is 6.78. The minimum absolute atomic E-state index is 0.0943. The molecule has 1 amide bonds. The van der Waals surface area contributed by atoms with Crippen molar-refractivity contribution in [1.29, 1.82) is 0 Å². The van der Waals surface area contributed by atoms with Gasteiger partial charge in [0.05, 0.1) is 5.92 Å². The topological polar surface area (TPSA) is 84.9 Å². The van der Waals surface area contributed by atoms with Crippen LogP contribution in [0.1, 0.15) is 19.8 Å². The zero-order valence-corrected chi connectivity index (χ0v) is 9.77. The number of hydrogen-bond acceptors (Lipinski definition) is 4. The Balaban J connectivity index is 2.40. The molecule has 0 spiro atoms. The van der Waals surface area contributed by atoms with Gasteiger partial charge in [0.2, 0.25) is 5.76 Å². The van der Waals surface area contributed by atoms with Crippen molar-refractivity contribution in [3.05, 3.63) is 12.0 Å². The first-order valence-electron chi connectivity index (χ1n) is 5.60. The van der Waals surface area contributed by atoms with Gasteiger partial charge < -0.3 is 19.9 Å². The first kappa shape index (κ1) is 13.3. The van der Waals surface area contributed by atoms with E-state index in [9.17, 15) is 9.59 Å². The van der Waals surface area contributed by atoms with E-state index in [1.54, 1.807) is 0 Å². The van der Waals surface area contributed by atoms with Crippen molar-refractivity contribution in [2.24, 2.45) is 5.92 Å². The van der Waals surface area contributed by atoms with Crippen molar-refractivity contribution in [2.75, 3.05) is 19.8 Å². The Hall–Kier alpha value is -1.72. The third kappa shape index (κ3) is 4.34. The van der Waals surface area contributed by atoms with Gasteiger partial charge in [-0.15, -0.1) is 0 Å². The molecule has 2 N–H and O–H groups in total. The van der Waals surface area contributed by atoms with Gasteiger partial charge >= 0.3 is 5.97 Å². The molecular formula is C11H17NO5. The number of carbonyl (C=O) groups excluding carboxylic acids is 1. The minimum Gasteiger partial charge on any atom is -0.494 e. The molecule has 1 aliphatic heterocycles. The molecule has 1 unspecified atom stereocenters. The molecule has 0 aliphatic carbocycles. The number of ether oxygens (including phenoxy) is 2. The van der Waals surface area contributed by atoms with Crippen LogP contribution in [0.4, 0.5) is 0 Å². The summed E-state index contributed by atoms with van der Waals surface area (Å²) in [4.78, 5) is 22.4. The highest BCUT2D eigenvalue weighted by atomic mass is 16.6. The van der Waals surface area contributed by atoms with Gasteiger partial charge in [-0.05, 0) is 6.42 Å². The first-order valence-corrected chi connectivity index (χ1v) is 5.60. The molecule has 17 heavy (non-hydrogen) atoms. The molecule has 6 heteroatoms. The second-order valence-electron chi connectivity index (χ2n) is 3.74. The van der Waals surface area contributed by atoms with Crippen LogP contribution in [0.5, 0.6) is 0 Å². The molecule has 0 saturated heterocycles. The molecule has 6 nitrogen and oxygen atoms in total. The molecule has 0 aromatic heterocycles. The van der Waals surface area contributed by atoms with Crippen LogP contribution in [-0.2, 0) is 19.1 Å². The van der Waals surface area contributed by atoms with Gasteiger partial charge in [-0.2, -0.15) is 0 Å². The maximum Gasteiger partial charge on any atom is 0.308 e. The van der Waals surface area contributed by atoms with E-state index in [4.69, 9.17) is 14.6 Å². The van der Waals surface area contributed by atoms with Crippen LogP contribution >= 0.6 is 0 Å². The molecule has 0 aromatic rings. The highest BCUT2D eigenvalue weighted by molar-refractivity contribution is 5.91. The number of nitrogens with one attached hydrogen (secondary N) is 1. The summed E-state index contributed by atoms with van der Waals surface area (Å²) in [5.41, 5.74) is 0. The summed E-state index contributed by atoms with van der Waals surface area (Å²) in [5.74, 6) is -1.81. The van der Waals surface area contributed by atoms with Gasteiger partial charge in [-0.3, -0.25) is 9.59 Å². The molecule has 0 bridgehead atoms. The fourth-order valence-electron chi connectivity index (χ4n) is 1.45. The lowest BCUT2D eigenvalue weighted by molar-refractivity contribution is -0.142. The van der Waals surface area contributed by atoms with Crippen LogP contribution in [-0.4, -0.2) is 36.7 Å². The molecule has 1 atom stereocenters. The monoisotopic (exact) mass is 243 g/mol. The fourth-order valence-corrected chi connectivity index (χ4v) is 1.45. The molecule has 1 rings (SSSR count). The quantitative estimate of drug-likeness (QED) is 0.709. The predicted molar refractivity (Wildman–Crippen MR) is 59.0 cm³/mol. The predicted octanol–water partition coefficient (Wildman–Crippen LogP) is 0.492. The molecule has 0 saturated carbocycles. The molecule has 1 aliphatic rings. The van der Waals surface area contributed by atoms with Crippen molar-refractivity contribution in [3.8, 4) is 0 Å². The lowest BCUT2D eigenvalue weighted by Gasteiger charge is -2.16. The molecule has 96 valence electrons. The molecule has 0 fully saturated rings. The van der Waals surface area contributed by atoms with E-state index in [0.717, 1.165) is 6.42 Å². The van der Waals surface area contributed by atoms with Crippen LogP contribution in [0.15, 0.2) is 12.0 Å². The average molecular weight is 243 g/mol. The van der Waals surface area contributed by atoms with Crippen LogP contribution in [0.2, 0.25) is 0 Å². The van der Waals surface area contributed by atoms with Crippen LogP contribution < -0.4 is 5.32 Å². The Kier molecular flexibility index (Phi) is 5.32. The number of rotatable bonds is 6. The number of aliphatic carboxylic acids is 1. The summed E-state index contributed by atoms with van der Waals surface area (Å²) in [6.45, 7) is 2.75. The van der Waals surface area contributed by atoms with E-state index in [-0.39, 0.29) is 12.3 Å². The lowest BCUT2D eigenvalue weighted by atomic mass is 10.0. The number of amides is 1. The maximum absolute atomic E-state index is 11.6. The minimum atomic E-state index is -0.901. The van der Waals surface area contributed by atoms with E-state index < -0.39 is 17.8 Å². The Morgan fingerprint density at radius 2 is 2.29 bits per heavy atom. The summed E-state index contributed by atoms with van der Waals surface area (Å²) < 4.78 is 10.0. The number of carboxylic acids is 1. The van der Waals surface area contributed by atoms with Crippen LogP contribution in [0.3, 0.4) is 0 Å². The Bertz CT molecular complexity index is 313. The van der Waals surface area contributed by atoms with Gasteiger partial charge in [0.1, 0.15) is 19.5 Å². The van der Waals surface area contributed by atoms with Crippen molar-refractivity contribution in [1.82, 2.24) is 5.32 Å². The third-order valence-corrected chi connectivity index (χ3v) is 2.37. The molecular weight excluding hydrogens is 226 g/mol. The second-order valence-corrected chi connectivity index (χ2v) is 3.74. The van der Waals surface area contributed by atoms with Gasteiger partial charge in [0, 0.05) is 6.54 Å². The lowest BCUT2D eigenvalue weighted by Crippen LogP contribution is -2.35. The Morgan fingerprint density at radius 1 is 1.53 bits per heavy atom. The smallest absolute Gasteiger partial charge is 0.308 e. The average Bonchev–Trinajstić information content (AvgIpc) is 2.34. The molecule has 0 aromatic carbocycles. The molecule has 1 heterocycles. The highest BCUT2D eigenvalue weighted by Gasteiger charge is 2.20. The van der Waals surface area contributed by atoms with E-state index in [2.05, 4.69) is 5.32 Å². The normalized spacial score (nSPS) is 16.2. The van der Waals surface area contributed by atoms with E-state index in [1.165, 1.54) is 6.26 Å². The number of carbonyl (C=O) groups is 2. The van der Waals surface area contributed by atoms with Crippen molar-refractivity contribution < 1.29 is 24.2 Å². The Labute approximate surface area is 99.6 Å². The van der Waals surface area contributed by atoms with Crippen molar-refractivity contribution in [2.45, 2.75) is 19.8 Å². The van der Waals surface area contributed by atoms with E-state index in [0.29, 0.717) is 19.6 Å². The first-order chi connectivity index (χ1) is 8.15. The highest BCUT2D eigenvalue weighted by Crippen LogP contribution is 2.07. The largest absolute Gasteiger partial charge is 0.494 e. The number of hydrogen-bond donors (Lipinski definition) is 2. The summed E-state index contributed by atoms with van der Waals surface area (Å²) in [6, 6.07) is 0. The van der Waals surface area contributed by atoms with Gasteiger partial charge in [-0.25, -0.2) is 0 Å².